The molecule has 0 bridgehead atoms. The van der Waals surface area contributed by atoms with Gasteiger partial charge in [-0.25, -0.2) is 8.78 Å². The van der Waals surface area contributed by atoms with Crippen molar-refractivity contribution < 1.29 is 8.78 Å². The fourth-order valence-corrected chi connectivity index (χ4v) is 4.27. The molecule has 0 saturated carbocycles. The molecule has 7 heteroatoms. The highest BCUT2D eigenvalue weighted by atomic mass is 35.5. The van der Waals surface area contributed by atoms with Gasteiger partial charge in [0.25, 0.3) is 0 Å². The molecule has 2 rings (SSSR count). The molecule has 29 heavy (non-hydrogen) atoms. The maximum Gasteiger partial charge on any atom is 0.150 e. The predicted molar refractivity (Wildman–Crippen MR) is 121 cm³/mol. The molecule has 2 nitrogen and oxygen atoms in total. The van der Waals surface area contributed by atoms with Gasteiger partial charge in [0.15, 0.2) is 5.55 Å². The summed E-state index contributed by atoms with van der Waals surface area (Å²) in [6, 6.07) is 5.42. The van der Waals surface area contributed by atoms with Crippen LogP contribution in [0, 0.1) is 34.1 Å². The van der Waals surface area contributed by atoms with Gasteiger partial charge in [-0.1, -0.05) is 57.2 Å². The number of hydrogen-bond donors (Lipinski definition) is 1. The van der Waals surface area contributed by atoms with Crippen LogP contribution in [0.4, 0.5) is 8.78 Å². The van der Waals surface area contributed by atoms with Crippen LogP contribution < -0.4 is 5.32 Å². The van der Waals surface area contributed by atoms with Crippen molar-refractivity contribution in [2.75, 3.05) is 12.4 Å². The number of alkyl halides is 1. The van der Waals surface area contributed by atoms with Crippen LogP contribution in [0.25, 0.3) is 0 Å². The Hall–Kier alpha value is -1.24. The Morgan fingerprint density at radius 2 is 2.17 bits per heavy atom. The predicted octanol–water partition coefficient (Wildman–Crippen LogP) is 7.41. The Morgan fingerprint density at radius 1 is 1.48 bits per heavy atom. The van der Waals surface area contributed by atoms with E-state index in [0.29, 0.717) is 25.3 Å². The Kier molecular flexibility index (Phi) is 11.1. The Labute approximate surface area is 184 Å². The van der Waals surface area contributed by atoms with Crippen molar-refractivity contribution in [1.29, 1.82) is 5.26 Å². The first-order valence-electron chi connectivity index (χ1n) is 9.26. The number of nitriles is 1. The molecule has 0 amide bonds. The van der Waals surface area contributed by atoms with Crippen LogP contribution in [0.1, 0.15) is 27.2 Å². The topological polar surface area (TPSA) is 35.8 Å². The molecule has 3 unspecified atom stereocenters. The summed E-state index contributed by atoms with van der Waals surface area (Å²) in [6.07, 6.45) is 5.84. The maximum atomic E-state index is 14.1. The first-order chi connectivity index (χ1) is 13.6. The molecule has 0 spiro atoms. The van der Waals surface area contributed by atoms with E-state index in [1.807, 2.05) is 0 Å². The van der Waals surface area contributed by atoms with Gasteiger partial charge < -0.3 is 5.32 Å². The van der Waals surface area contributed by atoms with Crippen LogP contribution in [-0.4, -0.2) is 18.5 Å². The van der Waals surface area contributed by atoms with Gasteiger partial charge in [0.1, 0.15) is 5.83 Å². The van der Waals surface area contributed by atoms with Crippen LogP contribution in [0.15, 0.2) is 54.1 Å². The van der Waals surface area contributed by atoms with Gasteiger partial charge >= 0.3 is 0 Å². The van der Waals surface area contributed by atoms with E-state index in [1.165, 1.54) is 6.07 Å². The lowest BCUT2D eigenvalue weighted by Gasteiger charge is -2.26. The second kappa shape index (κ2) is 12.5. The standard InChI is InChI=1S/C17H24ClFN2.C5H3ClFP/c1-5-6-7-12(15(19)9-18)14-11-21-16(13(14)10-20)8-17(2,3)4;6-4-1-2-8-5(7)3-4/h5-7,13-14,16,21H,1,8-9,11H2,2-4H3;1-3H/b7-6-,15-12-;. The van der Waals surface area contributed by atoms with Crippen LogP contribution in [0.3, 0.4) is 0 Å². The molecule has 158 valence electrons. The first kappa shape index (κ1) is 25.8. The second-order valence-corrected chi connectivity index (χ2v) is 9.61. The van der Waals surface area contributed by atoms with Gasteiger partial charge in [0.2, 0.25) is 0 Å². The molecule has 1 saturated heterocycles. The SMILES string of the molecule is C=C/C=C\C(=C(\F)CCl)C1CNC(CC(C)(C)C)C1C#N.Fc1cc(Cl)ccp1. The van der Waals surface area contributed by atoms with Crippen LogP contribution in [0.2, 0.25) is 5.02 Å². The highest BCUT2D eigenvalue weighted by molar-refractivity contribution is 7.28. The molecule has 1 aromatic heterocycles. The molecule has 0 aliphatic carbocycles. The van der Waals surface area contributed by atoms with Crippen molar-refractivity contribution in [2.45, 2.75) is 33.2 Å². The first-order valence-corrected chi connectivity index (χ1v) is 11.1. The summed E-state index contributed by atoms with van der Waals surface area (Å²) in [5.41, 5.74) is 0.436. The summed E-state index contributed by atoms with van der Waals surface area (Å²) in [4.78, 5) is 0. The van der Waals surface area contributed by atoms with Gasteiger partial charge in [-0.2, -0.15) is 5.26 Å². The van der Waals surface area contributed by atoms with Gasteiger partial charge in [0.05, 0.1) is 17.9 Å². The summed E-state index contributed by atoms with van der Waals surface area (Å²) in [6.45, 7) is 10.6. The Bertz CT molecular complexity index is 765. The summed E-state index contributed by atoms with van der Waals surface area (Å²) in [7, 11) is 0.600. The number of rotatable bonds is 5. The zero-order valence-corrected chi connectivity index (χ0v) is 19.3. The fraction of sp³-hybridized carbons (Fsp3) is 0.455. The van der Waals surface area contributed by atoms with Crippen LogP contribution in [-0.2, 0) is 0 Å². The third-order valence-corrected chi connectivity index (χ3v) is 5.52. The van der Waals surface area contributed by atoms with E-state index in [4.69, 9.17) is 23.2 Å². The number of nitrogens with zero attached hydrogens (tertiary/aromatic N) is 1. The largest absolute Gasteiger partial charge is 0.312 e. The normalized spacial score (nSPS) is 22.8. The van der Waals surface area contributed by atoms with E-state index in [2.05, 4.69) is 38.7 Å². The molecule has 1 aliphatic rings. The Morgan fingerprint density at radius 3 is 2.62 bits per heavy atom. The third-order valence-electron chi connectivity index (χ3n) is 4.38. The summed E-state index contributed by atoms with van der Waals surface area (Å²) in [5.74, 6) is 0.714. The molecule has 1 aliphatic heterocycles. The second-order valence-electron chi connectivity index (χ2n) is 7.93. The quantitative estimate of drug-likeness (QED) is 0.368. The number of nitrogens with one attached hydrogen (secondary N) is 1. The summed E-state index contributed by atoms with van der Waals surface area (Å²) >= 11 is 11.1. The lowest BCUT2D eigenvalue weighted by molar-refractivity contribution is 0.301. The van der Waals surface area contributed by atoms with E-state index in [0.717, 1.165) is 6.42 Å². The molecule has 1 aromatic rings. The third kappa shape index (κ3) is 8.97. The minimum atomic E-state index is -0.363. The van der Waals surface area contributed by atoms with Crippen molar-refractivity contribution in [1.82, 2.24) is 5.32 Å². The lowest BCUT2D eigenvalue weighted by Crippen LogP contribution is -2.31. The van der Waals surface area contributed by atoms with E-state index in [9.17, 15) is 14.0 Å². The van der Waals surface area contributed by atoms with E-state index >= 15 is 0 Å². The van der Waals surface area contributed by atoms with Gasteiger partial charge in [-0.05, 0) is 43.5 Å². The van der Waals surface area contributed by atoms with Crippen molar-refractivity contribution in [2.24, 2.45) is 17.3 Å². The molecule has 3 atom stereocenters. The molecular formula is C22H27Cl2F2N2P. The van der Waals surface area contributed by atoms with Crippen LogP contribution >= 0.6 is 31.4 Å². The maximum absolute atomic E-state index is 14.1. The Balaban J connectivity index is 0.000000436. The molecule has 1 N–H and O–H groups in total. The number of hydrogen-bond acceptors (Lipinski definition) is 2. The van der Waals surface area contributed by atoms with Crippen LogP contribution in [0.5, 0.6) is 0 Å². The average molecular weight is 459 g/mol. The average Bonchev–Trinajstić information content (AvgIpc) is 3.02. The molecule has 1 fully saturated rings. The highest BCUT2D eigenvalue weighted by Crippen LogP contribution is 2.36. The van der Waals surface area contributed by atoms with Gasteiger partial charge in [-0.3, -0.25) is 0 Å². The zero-order valence-electron chi connectivity index (χ0n) is 16.9. The van der Waals surface area contributed by atoms with E-state index < -0.39 is 0 Å². The van der Waals surface area contributed by atoms with Crippen molar-refractivity contribution >= 4 is 31.4 Å². The number of halogens is 4. The van der Waals surface area contributed by atoms with Gasteiger partial charge in [-0.15, -0.1) is 11.6 Å². The van der Waals surface area contributed by atoms with E-state index in [-0.39, 0.29) is 40.5 Å². The fourth-order valence-electron chi connectivity index (χ4n) is 3.20. The van der Waals surface area contributed by atoms with E-state index in [1.54, 1.807) is 30.1 Å². The van der Waals surface area contributed by atoms with Crippen molar-refractivity contribution in [3.8, 4) is 6.07 Å². The lowest BCUT2D eigenvalue weighted by atomic mass is 9.79. The minimum absolute atomic E-state index is 0.0789. The molecular weight excluding hydrogens is 432 g/mol. The number of allylic oxidation sites excluding steroid dienone is 4. The minimum Gasteiger partial charge on any atom is -0.312 e. The molecule has 0 radical (unpaired) electrons. The smallest absolute Gasteiger partial charge is 0.150 e. The highest BCUT2D eigenvalue weighted by Gasteiger charge is 2.39. The summed E-state index contributed by atoms with van der Waals surface area (Å²) < 4.78 is 26.2. The van der Waals surface area contributed by atoms with Crippen molar-refractivity contribution in [3.05, 3.63) is 64.7 Å². The zero-order chi connectivity index (χ0) is 22.0. The summed E-state index contributed by atoms with van der Waals surface area (Å²) in [5, 5.41) is 13.4. The van der Waals surface area contributed by atoms with Crippen molar-refractivity contribution in [3.63, 3.8) is 0 Å². The monoisotopic (exact) mass is 458 g/mol. The molecule has 0 aromatic carbocycles. The van der Waals surface area contributed by atoms with Gasteiger partial charge in [0, 0.05) is 23.5 Å². The molecule has 2 heterocycles.